The Bertz CT molecular complexity index is 1420. The molecule has 3 N–H and O–H groups in total. The number of anilines is 3. The van der Waals surface area contributed by atoms with Crippen molar-refractivity contribution in [2.45, 2.75) is 9.79 Å². The summed E-state index contributed by atoms with van der Waals surface area (Å²) in [5.74, 6) is -1.24. The number of methoxy groups -OCH3 is 1. The summed E-state index contributed by atoms with van der Waals surface area (Å²) in [6.07, 6.45) is 0. The summed E-state index contributed by atoms with van der Waals surface area (Å²) in [7, 11) is 7.70. The van der Waals surface area contributed by atoms with E-state index in [1.807, 2.05) is 51.5 Å². The lowest BCUT2D eigenvalue weighted by Crippen LogP contribution is -2.28. The number of fused-ring (bicyclic) bond motifs is 1. The molecule has 0 radical (unpaired) electrons. The van der Waals surface area contributed by atoms with Gasteiger partial charge in [-0.3, -0.25) is 9.89 Å². The maximum absolute atomic E-state index is 13.6. The summed E-state index contributed by atoms with van der Waals surface area (Å²) in [5.41, 5.74) is 2.85. The zero-order valence-electron chi connectivity index (χ0n) is 22.3. The predicted molar refractivity (Wildman–Crippen MR) is 153 cm³/mol. The quantitative estimate of drug-likeness (QED) is 0.205. The Morgan fingerprint density at radius 2 is 1.77 bits per heavy atom. The molecule has 3 aromatic carbocycles. The van der Waals surface area contributed by atoms with E-state index < -0.39 is 11.6 Å². The van der Waals surface area contributed by atoms with Gasteiger partial charge in [-0.15, -0.1) is 0 Å². The molecule has 4 rings (SSSR count). The molecule has 0 aliphatic heterocycles. The molecule has 0 unspecified atom stereocenters. The minimum absolute atomic E-state index is 0.323. The van der Waals surface area contributed by atoms with Gasteiger partial charge in [-0.2, -0.15) is 5.10 Å². The van der Waals surface area contributed by atoms with Gasteiger partial charge < -0.3 is 25.2 Å². The van der Waals surface area contributed by atoms with Gasteiger partial charge in [0.2, 0.25) is 0 Å². The van der Waals surface area contributed by atoms with Gasteiger partial charge in [0, 0.05) is 66.4 Å². The second kappa shape index (κ2) is 12.9. The van der Waals surface area contributed by atoms with Crippen LogP contribution in [0.2, 0.25) is 0 Å². The van der Waals surface area contributed by atoms with Crippen molar-refractivity contribution < 1.29 is 18.3 Å². The molecular formula is C28H32F2N6O2S. The van der Waals surface area contributed by atoms with Crippen molar-refractivity contribution >= 4 is 45.8 Å². The Balaban J connectivity index is 1.57. The molecule has 0 aliphatic carbocycles. The average molecular weight is 555 g/mol. The van der Waals surface area contributed by atoms with Crippen LogP contribution in [0.1, 0.15) is 10.4 Å². The monoisotopic (exact) mass is 554 g/mol. The van der Waals surface area contributed by atoms with Gasteiger partial charge >= 0.3 is 0 Å². The fourth-order valence-corrected chi connectivity index (χ4v) is 4.86. The van der Waals surface area contributed by atoms with Gasteiger partial charge in [-0.25, -0.2) is 8.78 Å². The Morgan fingerprint density at radius 3 is 2.49 bits per heavy atom. The van der Waals surface area contributed by atoms with E-state index >= 15 is 0 Å². The van der Waals surface area contributed by atoms with E-state index in [1.54, 1.807) is 13.2 Å². The van der Waals surface area contributed by atoms with E-state index in [9.17, 15) is 13.6 Å². The van der Waals surface area contributed by atoms with Crippen LogP contribution in [0.3, 0.4) is 0 Å². The third-order valence-electron chi connectivity index (χ3n) is 6.03. The van der Waals surface area contributed by atoms with E-state index in [0.29, 0.717) is 40.5 Å². The number of rotatable bonds is 12. The summed E-state index contributed by atoms with van der Waals surface area (Å²) in [6, 6.07) is 14.5. The fourth-order valence-electron chi connectivity index (χ4n) is 3.93. The lowest BCUT2D eigenvalue weighted by atomic mass is 10.1. The van der Waals surface area contributed by atoms with Gasteiger partial charge in [0.05, 0.1) is 17.7 Å². The average Bonchev–Trinajstić information content (AvgIpc) is 3.28. The van der Waals surface area contributed by atoms with Crippen molar-refractivity contribution in [2.24, 2.45) is 0 Å². The number of ether oxygens (including phenoxy) is 1. The third kappa shape index (κ3) is 7.47. The molecular weight excluding hydrogens is 522 g/mol. The molecule has 1 heterocycles. The molecule has 1 aromatic heterocycles. The highest BCUT2D eigenvalue weighted by Gasteiger charge is 2.17. The van der Waals surface area contributed by atoms with Crippen molar-refractivity contribution in [3.63, 3.8) is 0 Å². The summed E-state index contributed by atoms with van der Waals surface area (Å²) in [4.78, 5) is 18.8. The van der Waals surface area contributed by atoms with E-state index in [1.165, 1.54) is 23.9 Å². The zero-order valence-corrected chi connectivity index (χ0v) is 23.2. The van der Waals surface area contributed by atoms with E-state index in [0.717, 1.165) is 35.3 Å². The van der Waals surface area contributed by atoms with Crippen LogP contribution < -0.4 is 15.5 Å². The Labute approximate surface area is 230 Å². The van der Waals surface area contributed by atoms with Gasteiger partial charge in [-0.05, 0) is 62.6 Å². The molecule has 0 saturated heterocycles. The van der Waals surface area contributed by atoms with Crippen molar-refractivity contribution in [2.75, 3.05) is 70.0 Å². The van der Waals surface area contributed by atoms with E-state index in [4.69, 9.17) is 4.74 Å². The second-order valence-electron chi connectivity index (χ2n) is 9.32. The minimum Gasteiger partial charge on any atom is -0.383 e. The lowest BCUT2D eigenvalue weighted by Gasteiger charge is -2.23. The predicted octanol–water partition coefficient (Wildman–Crippen LogP) is 5.30. The van der Waals surface area contributed by atoms with Crippen LogP contribution >= 0.6 is 11.8 Å². The highest BCUT2D eigenvalue weighted by atomic mass is 32.2. The number of benzene rings is 3. The first kappa shape index (κ1) is 28.3. The first-order valence-electron chi connectivity index (χ1n) is 12.4. The van der Waals surface area contributed by atoms with Crippen LogP contribution in [-0.2, 0) is 4.74 Å². The highest BCUT2D eigenvalue weighted by molar-refractivity contribution is 7.99. The molecule has 8 nitrogen and oxygen atoms in total. The van der Waals surface area contributed by atoms with Crippen molar-refractivity contribution in [1.29, 1.82) is 0 Å². The number of carbonyl (C=O) groups is 1. The Hall–Kier alpha value is -3.67. The van der Waals surface area contributed by atoms with Crippen LogP contribution in [-0.4, -0.2) is 75.5 Å². The topological polar surface area (TPSA) is 85.5 Å². The van der Waals surface area contributed by atoms with Gasteiger partial charge in [0.1, 0.15) is 11.6 Å². The lowest BCUT2D eigenvalue weighted by molar-refractivity contribution is 0.102. The number of hydrogen-bond acceptors (Lipinski definition) is 7. The molecule has 0 atom stereocenters. The van der Waals surface area contributed by atoms with Gasteiger partial charge in [0.15, 0.2) is 5.82 Å². The zero-order chi connectivity index (χ0) is 27.9. The van der Waals surface area contributed by atoms with Crippen LogP contribution in [0.5, 0.6) is 0 Å². The Morgan fingerprint density at radius 1 is 1.00 bits per heavy atom. The number of nitrogens with one attached hydrogen (secondary N) is 3. The smallest absolute Gasteiger partial charge is 0.258 e. The molecule has 0 spiro atoms. The molecule has 1 amide bonds. The molecule has 206 valence electrons. The number of hydrogen-bond donors (Lipinski definition) is 3. The summed E-state index contributed by atoms with van der Waals surface area (Å²) >= 11 is 1.22. The molecule has 0 aliphatic rings. The number of nitrogens with zero attached hydrogens (tertiary/aromatic N) is 3. The first-order valence-corrected chi connectivity index (χ1v) is 13.2. The molecule has 0 bridgehead atoms. The van der Waals surface area contributed by atoms with E-state index in [2.05, 4.69) is 30.6 Å². The van der Waals surface area contributed by atoms with Gasteiger partial charge in [0.25, 0.3) is 5.91 Å². The number of halogens is 2. The summed E-state index contributed by atoms with van der Waals surface area (Å²) in [5, 5.41) is 14.1. The maximum Gasteiger partial charge on any atom is 0.258 e. The largest absolute Gasteiger partial charge is 0.383 e. The standard InChI is InChI=1S/C28H32F2N6O2S/c1-35(2)10-11-36(3)20-5-7-23(26(16-20)31-9-12-38-4)28(37)32-27-24-17-21(6-8-25(24)33-34-27)39-22-14-18(29)13-19(30)15-22/h5-8,13-17,31H,9-12H2,1-4H3,(H2,32,33,34,37). The molecule has 4 aromatic rings. The number of amides is 1. The highest BCUT2D eigenvalue weighted by Crippen LogP contribution is 2.33. The van der Waals surface area contributed by atoms with Crippen LogP contribution in [0.25, 0.3) is 10.9 Å². The number of aromatic nitrogens is 2. The van der Waals surface area contributed by atoms with Crippen molar-refractivity contribution in [3.8, 4) is 0 Å². The normalized spacial score (nSPS) is 11.3. The van der Waals surface area contributed by atoms with E-state index in [-0.39, 0.29) is 5.91 Å². The van der Waals surface area contributed by atoms with Crippen LogP contribution in [0, 0.1) is 11.6 Å². The van der Waals surface area contributed by atoms with Gasteiger partial charge in [-0.1, -0.05) is 11.8 Å². The molecule has 11 heteroatoms. The first-order chi connectivity index (χ1) is 18.7. The summed E-state index contributed by atoms with van der Waals surface area (Å²) in [6.45, 7) is 2.75. The minimum atomic E-state index is -0.639. The third-order valence-corrected chi connectivity index (χ3v) is 6.99. The molecule has 39 heavy (non-hydrogen) atoms. The van der Waals surface area contributed by atoms with Crippen molar-refractivity contribution in [1.82, 2.24) is 15.1 Å². The number of carbonyl (C=O) groups excluding carboxylic acids is 1. The van der Waals surface area contributed by atoms with Crippen LogP contribution in [0.4, 0.5) is 26.0 Å². The number of likely N-dealkylation sites (N-methyl/N-ethyl adjacent to an activating group) is 2. The molecule has 0 saturated carbocycles. The summed E-state index contributed by atoms with van der Waals surface area (Å²) < 4.78 is 32.5. The molecule has 0 fully saturated rings. The van der Waals surface area contributed by atoms with Crippen LogP contribution in [0.15, 0.2) is 64.4 Å². The van der Waals surface area contributed by atoms with Crippen molar-refractivity contribution in [3.05, 3.63) is 71.8 Å². The SMILES string of the molecule is COCCNc1cc(N(C)CCN(C)C)ccc1C(=O)Nc1n[nH]c2ccc(Sc3cc(F)cc(F)c3)cc12. The number of aromatic amines is 1. The Kier molecular flexibility index (Phi) is 9.39. The maximum atomic E-state index is 13.6. The second-order valence-corrected chi connectivity index (χ2v) is 10.5. The number of H-pyrrole nitrogens is 1. The fraction of sp³-hybridized carbons (Fsp3) is 0.286.